The van der Waals surface area contributed by atoms with Crippen molar-refractivity contribution < 1.29 is 4.79 Å². The Morgan fingerprint density at radius 1 is 0.970 bits per heavy atom. The Labute approximate surface area is 191 Å². The molecule has 0 fully saturated rings. The Kier molecular flexibility index (Phi) is 5.96. The molecule has 0 spiro atoms. The Morgan fingerprint density at radius 2 is 1.70 bits per heavy atom. The summed E-state index contributed by atoms with van der Waals surface area (Å²) in [5.41, 5.74) is 3.77. The van der Waals surface area contributed by atoms with Crippen LogP contribution in [0.4, 0.5) is 5.69 Å². The quantitative estimate of drug-likeness (QED) is 0.511. The van der Waals surface area contributed by atoms with Gasteiger partial charge in [-0.2, -0.15) is 0 Å². The lowest BCUT2D eigenvalue weighted by Crippen LogP contribution is -2.42. The predicted molar refractivity (Wildman–Crippen MR) is 130 cm³/mol. The Hall–Kier alpha value is -4.00. The van der Waals surface area contributed by atoms with E-state index in [9.17, 15) is 14.4 Å². The Balaban J connectivity index is 1.88. The second-order valence-corrected chi connectivity index (χ2v) is 8.13. The average Bonchev–Trinajstić information content (AvgIpc) is 2.78. The number of benzene rings is 2. The molecule has 1 amide bonds. The van der Waals surface area contributed by atoms with Crippen molar-refractivity contribution in [1.29, 1.82) is 0 Å². The largest absolute Gasteiger partial charge is 0.337 e. The summed E-state index contributed by atoms with van der Waals surface area (Å²) in [6.45, 7) is 7.15. The van der Waals surface area contributed by atoms with Crippen LogP contribution in [0.1, 0.15) is 29.3 Å². The van der Waals surface area contributed by atoms with Crippen molar-refractivity contribution in [3.05, 3.63) is 97.8 Å². The number of hydrogen-bond donors (Lipinski definition) is 1. The van der Waals surface area contributed by atoms with Crippen LogP contribution < -0.4 is 16.6 Å². The van der Waals surface area contributed by atoms with Crippen LogP contribution in [-0.2, 0) is 17.8 Å². The Bertz CT molecular complexity index is 1480. The predicted octanol–water partition coefficient (Wildman–Crippen LogP) is 3.67. The SMILES string of the molecule is CCc1cccc(C)c1NC(=O)Cn1c(=O)c2c(C)cc(C)nc2n(-c2ccccc2)c1=O. The van der Waals surface area contributed by atoms with Gasteiger partial charge in [0.05, 0.1) is 11.1 Å². The molecule has 33 heavy (non-hydrogen) atoms. The maximum atomic E-state index is 13.5. The molecule has 0 radical (unpaired) electrons. The minimum Gasteiger partial charge on any atom is -0.324 e. The number of nitrogens with one attached hydrogen (secondary N) is 1. The standard InChI is InChI=1S/C26H26N4O3/c1-5-19-11-9-10-16(2)23(19)28-21(31)15-29-25(32)22-17(3)14-18(4)27-24(22)30(26(29)33)20-12-7-6-8-13-20/h6-14H,5,15H2,1-4H3,(H,28,31). The summed E-state index contributed by atoms with van der Waals surface area (Å²) in [7, 11) is 0. The zero-order valence-corrected chi connectivity index (χ0v) is 19.2. The molecule has 2 aromatic carbocycles. The van der Waals surface area contributed by atoms with E-state index >= 15 is 0 Å². The van der Waals surface area contributed by atoms with E-state index in [1.165, 1.54) is 4.57 Å². The lowest BCUT2D eigenvalue weighted by molar-refractivity contribution is -0.116. The van der Waals surface area contributed by atoms with Crippen molar-refractivity contribution in [1.82, 2.24) is 14.1 Å². The number of carbonyl (C=O) groups is 1. The maximum Gasteiger partial charge on any atom is 0.337 e. The van der Waals surface area contributed by atoms with Gasteiger partial charge < -0.3 is 5.32 Å². The van der Waals surface area contributed by atoms with E-state index in [1.54, 1.807) is 18.2 Å². The van der Waals surface area contributed by atoms with Crippen molar-refractivity contribution in [2.24, 2.45) is 0 Å². The molecule has 0 saturated carbocycles. The van der Waals surface area contributed by atoms with Crippen LogP contribution in [0.25, 0.3) is 16.7 Å². The molecule has 0 saturated heterocycles. The summed E-state index contributed by atoms with van der Waals surface area (Å²) in [6, 6.07) is 16.6. The number of aryl methyl sites for hydroxylation is 4. The number of hydrogen-bond acceptors (Lipinski definition) is 4. The minimum atomic E-state index is -0.605. The first kappa shape index (κ1) is 22.2. The van der Waals surface area contributed by atoms with Gasteiger partial charge in [0.2, 0.25) is 5.91 Å². The number of para-hydroxylation sites is 2. The first-order chi connectivity index (χ1) is 15.8. The molecule has 0 aliphatic heterocycles. The van der Waals surface area contributed by atoms with Crippen LogP contribution in [0, 0.1) is 20.8 Å². The fourth-order valence-corrected chi connectivity index (χ4v) is 4.15. The highest BCUT2D eigenvalue weighted by molar-refractivity contribution is 5.92. The topological polar surface area (TPSA) is 86.0 Å². The highest BCUT2D eigenvalue weighted by Crippen LogP contribution is 2.21. The van der Waals surface area contributed by atoms with Gasteiger partial charge in [-0.25, -0.2) is 18.9 Å². The van der Waals surface area contributed by atoms with Crippen LogP contribution in [0.5, 0.6) is 0 Å². The number of nitrogens with zero attached hydrogens (tertiary/aromatic N) is 3. The average molecular weight is 443 g/mol. The zero-order valence-electron chi connectivity index (χ0n) is 19.2. The second kappa shape index (κ2) is 8.86. The van der Waals surface area contributed by atoms with Crippen molar-refractivity contribution >= 4 is 22.6 Å². The molecule has 0 unspecified atom stereocenters. The third-order valence-corrected chi connectivity index (χ3v) is 5.74. The highest BCUT2D eigenvalue weighted by atomic mass is 16.2. The fourth-order valence-electron chi connectivity index (χ4n) is 4.15. The summed E-state index contributed by atoms with van der Waals surface area (Å²) in [4.78, 5) is 44.4. The second-order valence-electron chi connectivity index (χ2n) is 8.13. The Morgan fingerprint density at radius 3 is 2.39 bits per heavy atom. The third kappa shape index (κ3) is 4.09. The zero-order chi connectivity index (χ0) is 23.7. The lowest BCUT2D eigenvalue weighted by Gasteiger charge is -2.16. The van der Waals surface area contributed by atoms with Gasteiger partial charge in [-0.05, 0) is 62.1 Å². The summed E-state index contributed by atoms with van der Waals surface area (Å²) in [5.74, 6) is -0.435. The summed E-state index contributed by atoms with van der Waals surface area (Å²) < 4.78 is 2.38. The van der Waals surface area contributed by atoms with E-state index in [-0.39, 0.29) is 5.65 Å². The maximum absolute atomic E-state index is 13.5. The number of aromatic nitrogens is 3. The molecule has 4 rings (SSSR count). The van der Waals surface area contributed by atoms with Crippen LogP contribution in [0.2, 0.25) is 0 Å². The number of amides is 1. The minimum absolute atomic E-state index is 0.289. The molecule has 0 bridgehead atoms. The summed E-state index contributed by atoms with van der Waals surface area (Å²) >= 11 is 0. The fraction of sp³-hybridized carbons (Fsp3) is 0.231. The van der Waals surface area contributed by atoms with E-state index in [0.29, 0.717) is 22.3 Å². The van der Waals surface area contributed by atoms with Gasteiger partial charge in [0.25, 0.3) is 5.56 Å². The monoisotopic (exact) mass is 442 g/mol. The van der Waals surface area contributed by atoms with E-state index < -0.39 is 23.7 Å². The van der Waals surface area contributed by atoms with Crippen molar-refractivity contribution in [3.8, 4) is 5.69 Å². The molecular weight excluding hydrogens is 416 g/mol. The van der Waals surface area contributed by atoms with Crippen molar-refractivity contribution in [2.75, 3.05) is 5.32 Å². The summed E-state index contributed by atoms with van der Waals surface area (Å²) in [6.07, 6.45) is 0.748. The molecule has 0 atom stereocenters. The van der Waals surface area contributed by atoms with Crippen LogP contribution in [0.3, 0.4) is 0 Å². The molecule has 7 heteroatoms. The van der Waals surface area contributed by atoms with Gasteiger partial charge in [-0.1, -0.05) is 43.3 Å². The third-order valence-electron chi connectivity index (χ3n) is 5.74. The normalized spacial score (nSPS) is 11.0. The van der Waals surface area contributed by atoms with Gasteiger partial charge in [-0.15, -0.1) is 0 Å². The summed E-state index contributed by atoms with van der Waals surface area (Å²) in [5, 5.41) is 3.22. The van der Waals surface area contributed by atoms with E-state index in [0.717, 1.165) is 27.8 Å². The van der Waals surface area contributed by atoms with Crippen LogP contribution in [0.15, 0.2) is 64.2 Å². The first-order valence-electron chi connectivity index (χ1n) is 10.9. The molecule has 7 nitrogen and oxygen atoms in total. The molecule has 2 heterocycles. The number of pyridine rings is 1. The molecular formula is C26H26N4O3. The smallest absolute Gasteiger partial charge is 0.324 e. The number of fused-ring (bicyclic) bond motifs is 1. The molecule has 168 valence electrons. The lowest BCUT2D eigenvalue weighted by atomic mass is 10.1. The molecule has 0 aliphatic rings. The number of anilines is 1. The van der Waals surface area contributed by atoms with Gasteiger partial charge >= 0.3 is 5.69 Å². The van der Waals surface area contributed by atoms with Crippen molar-refractivity contribution in [2.45, 2.75) is 40.7 Å². The van der Waals surface area contributed by atoms with Crippen LogP contribution >= 0.6 is 0 Å². The van der Waals surface area contributed by atoms with E-state index in [1.807, 2.05) is 64.1 Å². The molecule has 0 aliphatic carbocycles. The van der Waals surface area contributed by atoms with Gasteiger partial charge in [-0.3, -0.25) is 9.59 Å². The molecule has 1 N–H and O–H groups in total. The molecule has 4 aromatic rings. The van der Waals surface area contributed by atoms with Gasteiger partial charge in [0.1, 0.15) is 6.54 Å². The van der Waals surface area contributed by atoms with Gasteiger partial charge in [0, 0.05) is 11.4 Å². The number of rotatable bonds is 5. The molecule has 2 aromatic heterocycles. The van der Waals surface area contributed by atoms with Gasteiger partial charge in [0.15, 0.2) is 5.65 Å². The van der Waals surface area contributed by atoms with Crippen molar-refractivity contribution in [3.63, 3.8) is 0 Å². The van der Waals surface area contributed by atoms with E-state index in [4.69, 9.17) is 0 Å². The van der Waals surface area contributed by atoms with Crippen LogP contribution in [-0.4, -0.2) is 20.0 Å². The number of carbonyl (C=O) groups excluding carboxylic acids is 1. The highest BCUT2D eigenvalue weighted by Gasteiger charge is 2.20. The van der Waals surface area contributed by atoms with E-state index in [2.05, 4.69) is 10.3 Å². The first-order valence-corrected chi connectivity index (χ1v) is 10.9.